The summed E-state index contributed by atoms with van der Waals surface area (Å²) >= 11 is 0. The van der Waals surface area contributed by atoms with Gasteiger partial charge in [0.2, 0.25) is 23.8 Å². The van der Waals surface area contributed by atoms with Crippen LogP contribution in [-0.2, 0) is 28.4 Å². The Bertz CT molecular complexity index is 2010. The van der Waals surface area contributed by atoms with Gasteiger partial charge in [-0.3, -0.25) is 4.79 Å². The molecule has 2 aromatic carbocycles. The van der Waals surface area contributed by atoms with Crippen molar-refractivity contribution in [3.63, 3.8) is 0 Å². The van der Waals surface area contributed by atoms with Gasteiger partial charge < -0.3 is 104 Å². The zero-order chi connectivity index (χ0) is 44.2. The highest BCUT2D eigenvalue weighted by molar-refractivity contribution is 5.83. The zero-order valence-corrected chi connectivity index (χ0v) is 32.7. The molecule has 61 heavy (non-hydrogen) atoms. The number of phenols is 1. The van der Waals surface area contributed by atoms with Crippen molar-refractivity contribution in [2.75, 3.05) is 6.61 Å². The predicted octanol–water partition coefficient (Wildman–Crippen LogP) is -3.75. The summed E-state index contributed by atoms with van der Waals surface area (Å²) in [5, 5.41) is 126. The Labute approximate surface area is 345 Å². The third kappa shape index (κ3) is 8.96. The number of aromatic hydroxyl groups is 1. The van der Waals surface area contributed by atoms with Crippen LogP contribution in [0.4, 0.5) is 0 Å². The molecule has 3 aromatic rings. The summed E-state index contributed by atoms with van der Waals surface area (Å²) in [7, 11) is 0. The molecule has 0 radical (unpaired) electrons. The number of aliphatic hydroxyl groups is 11. The number of benzene rings is 2. The van der Waals surface area contributed by atoms with Crippen LogP contribution in [0.1, 0.15) is 20.8 Å². The van der Waals surface area contributed by atoms with Crippen molar-refractivity contribution in [1.82, 2.24) is 0 Å². The maximum atomic E-state index is 14.4. The van der Waals surface area contributed by atoms with Crippen LogP contribution in [0.2, 0.25) is 0 Å². The Balaban J connectivity index is 1.24. The van der Waals surface area contributed by atoms with Gasteiger partial charge in [-0.05, 0) is 57.2 Å². The second kappa shape index (κ2) is 18.2. The largest absolute Gasteiger partial charge is 0.508 e. The average molecular weight is 871 g/mol. The lowest BCUT2D eigenvalue weighted by atomic mass is 9.97. The Morgan fingerprint density at radius 1 is 0.557 bits per heavy atom. The normalized spacial score (nSPS) is 42.0. The van der Waals surface area contributed by atoms with Crippen molar-refractivity contribution in [3.8, 4) is 28.6 Å². The van der Waals surface area contributed by atoms with Gasteiger partial charge in [0.15, 0.2) is 24.4 Å². The molecule has 4 saturated heterocycles. The molecule has 0 aliphatic carbocycles. The molecule has 7 rings (SSSR count). The van der Waals surface area contributed by atoms with Gasteiger partial charge in [0.25, 0.3) is 0 Å². The highest BCUT2D eigenvalue weighted by Crippen LogP contribution is 2.37. The quantitative estimate of drug-likeness (QED) is 0.0931. The molecule has 1 aromatic heterocycles. The highest BCUT2D eigenvalue weighted by Gasteiger charge is 2.52. The monoisotopic (exact) mass is 870 g/mol. The van der Waals surface area contributed by atoms with Gasteiger partial charge in [-0.25, -0.2) is 0 Å². The molecule has 5 heterocycles. The van der Waals surface area contributed by atoms with Crippen LogP contribution in [0.15, 0.2) is 51.7 Å². The first-order valence-corrected chi connectivity index (χ1v) is 19.5. The van der Waals surface area contributed by atoms with E-state index in [0.29, 0.717) is 0 Å². The molecule has 4 aliphatic rings. The number of phenolic OH excluding ortho intramolecular Hbond substituents is 1. The van der Waals surface area contributed by atoms with Crippen LogP contribution in [0, 0.1) is 0 Å². The summed E-state index contributed by atoms with van der Waals surface area (Å²) in [6.07, 6.45) is -31.8. The van der Waals surface area contributed by atoms with Crippen LogP contribution in [0.3, 0.4) is 0 Å². The van der Waals surface area contributed by atoms with E-state index < -0.39 is 141 Å². The molecule has 0 unspecified atom stereocenters. The van der Waals surface area contributed by atoms with E-state index in [1.165, 1.54) is 63.2 Å². The molecule has 22 nitrogen and oxygen atoms in total. The number of hydrogen-bond donors (Lipinski definition) is 12. The molecule has 12 N–H and O–H groups in total. The van der Waals surface area contributed by atoms with Crippen LogP contribution in [-0.4, -0.2) is 191 Å². The number of rotatable bonds is 10. The van der Waals surface area contributed by atoms with Crippen LogP contribution >= 0.6 is 0 Å². The van der Waals surface area contributed by atoms with Gasteiger partial charge in [-0.1, -0.05) is 0 Å². The fourth-order valence-electron chi connectivity index (χ4n) is 7.40. The minimum absolute atomic E-state index is 0.000837. The summed E-state index contributed by atoms with van der Waals surface area (Å²) in [6, 6.07) is 9.19. The SMILES string of the molecule is C[C@@H]1O[C@@H](OC[C@H]2O[C@@H](Oc3c(-c4ccc(O)cc4)oc4cc(O[C@@H]5O[C@@H](C)[C@H](O)[C@@H](O)[C@H]5O)ccc4c3=O)[C@H](O[C@@H]3O[C@@H](C)[C@H](O)[C@@H](O)[C@H]3O)[C@@H](O)[C@H]2O)[C@H](O)[C@H](O)[C@H]1O. The molecule has 0 amide bonds. The topological polar surface area (TPSA) is 347 Å². The summed E-state index contributed by atoms with van der Waals surface area (Å²) in [4.78, 5) is 14.4. The van der Waals surface area contributed by atoms with Gasteiger partial charge in [0, 0.05) is 11.6 Å². The summed E-state index contributed by atoms with van der Waals surface area (Å²) in [5.74, 6) is -1.01. The van der Waals surface area contributed by atoms with Crippen molar-refractivity contribution in [2.24, 2.45) is 0 Å². The second-order valence-corrected chi connectivity index (χ2v) is 15.5. The van der Waals surface area contributed by atoms with Gasteiger partial charge in [-0.15, -0.1) is 0 Å². The Hall–Kier alpha value is -3.63. The van der Waals surface area contributed by atoms with Gasteiger partial charge >= 0.3 is 0 Å². The van der Waals surface area contributed by atoms with Crippen molar-refractivity contribution in [3.05, 3.63) is 52.7 Å². The first kappa shape index (κ1) is 45.4. The van der Waals surface area contributed by atoms with Crippen molar-refractivity contribution in [2.45, 2.75) is 144 Å². The summed E-state index contributed by atoms with van der Waals surface area (Å²) in [5.41, 5.74) is -0.808. The predicted molar refractivity (Wildman–Crippen MR) is 199 cm³/mol. The third-order valence-electron chi connectivity index (χ3n) is 11.2. The van der Waals surface area contributed by atoms with Gasteiger partial charge in [-0.2, -0.15) is 0 Å². The molecule has 22 heteroatoms. The lowest BCUT2D eigenvalue weighted by Crippen LogP contribution is -2.65. The highest BCUT2D eigenvalue weighted by atomic mass is 16.8. The minimum Gasteiger partial charge on any atom is -0.508 e. The van der Waals surface area contributed by atoms with Crippen LogP contribution in [0.5, 0.6) is 17.2 Å². The number of aliphatic hydroxyl groups excluding tert-OH is 11. The van der Waals surface area contributed by atoms with E-state index in [1.807, 2.05) is 0 Å². The van der Waals surface area contributed by atoms with E-state index in [1.54, 1.807) is 0 Å². The first-order valence-electron chi connectivity index (χ1n) is 19.5. The van der Waals surface area contributed by atoms with E-state index in [2.05, 4.69) is 0 Å². The van der Waals surface area contributed by atoms with Crippen LogP contribution < -0.4 is 14.9 Å². The summed E-state index contributed by atoms with van der Waals surface area (Å²) < 4.78 is 52.3. The third-order valence-corrected chi connectivity index (χ3v) is 11.2. The van der Waals surface area contributed by atoms with Crippen molar-refractivity contribution < 1.29 is 104 Å². The summed E-state index contributed by atoms with van der Waals surface area (Å²) in [6.45, 7) is 3.59. The molecule has 0 spiro atoms. The Morgan fingerprint density at radius 2 is 1.10 bits per heavy atom. The molecule has 4 fully saturated rings. The number of fused-ring (bicyclic) bond motifs is 1. The molecule has 0 saturated carbocycles. The van der Waals surface area contributed by atoms with Crippen molar-refractivity contribution in [1.29, 1.82) is 0 Å². The van der Waals surface area contributed by atoms with E-state index in [-0.39, 0.29) is 33.8 Å². The molecular weight excluding hydrogens is 820 g/mol. The zero-order valence-electron chi connectivity index (χ0n) is 32.7. The lowest BCUT2D eigenvalue weighted by molar-refractivity contribution is -0.360. The Kier molecular flexibility index (Phi) is 13.6. The second-order valence-electron chi connectivity index (χ2n) is 15.5. The standard InChI is InChI=1S/C39H50O22/c1-12-21(41)26(46)30(50)36(54-12)53-11-20-25(45)29(49)35(61-38-32(52)28(48)23(43)14(3)56-38)39(59-20)60-34-24(44)18-9-8-17(57-37-31(51)27(47)22(42)13(2)55-37)10-19(18)58-33(34)15-4-6-16(40)7-5-15/h4-10,12-14,20-23,25-32,35-43,45-52H,11H2,1-3H3/t12-,13-,14-,20+,21-,22-,23-,25-,26+,27+,28+,29-,30+,31+,32+,35+,36+,37-,38-,39-/m0/s1. The fourth-order valence-corrected chi connectivity index (χ4v) is 7.40. The number of ether oxygens (including phenoxy) is 8. The molecule has 20 atom stereocenters. The molecular formula is C39H50O22. The maximum Gasteiger partial charge on any atom is 0.235 e. The van der Waals surface area contributed by atoms with E-state index in [9.17, 15) is 66.1 Å². The smallest absolute Gasteiger partial charge is 0.235 e. The number of hydrogen-bond acceptors (Lipinski definition) is 22. The molecule has 338 valence electrons. The van der Waals surface area contributed by atoms with Gasteiger partial charge in [0.1, 0.15) is 90.3 Å². The van der Waals surface area contributed by atoms with Gasteiger partial charge in [0.05, 0.1) is 30.3 Å². The molecule has 4 aliphatic heterocycles. The van der Waals surface area contributed by atoms with Crippen LogP contribution in [0.25, 0.3) is 22.3 Å². The lowest BCUT2D eigenvalue weighted by Gasteiger charge is -2.46. The fraction of sp³-hybridized carbons (Fsp3) is 0.615. The van der Waals surface area contributed by atoms with Crippen molar-refractivity contribution >= 4 is 11.0 Å². The Morgan fingerprint density at radius 3 is 1.70 bits per heavy atom. The molecule has 0 bridgehead atoms. The average Bonchev–Trinajstić information content (AvgIpc) is 3.24. The van der Waals surface area contributed by atoms with E-state index in [4.69, 9.17) is 42.3 Å². The first-order chi connectivity index (χ1) is 28.9. The van der Waals surface area contributed by atoms with E-state index in [0.717, 1.165) is 0 Å². The minimum atomic E-state index is -2.00. The maximum absolute atomic E-state index is 14.4. The van der Waals surface area contributed by atoms with E-state index >= 15 is 0 Å².